The van der Waals surface area contributed by atoms with Crippen LogP contribution in [0, 0.1) is 0 Å². The molecule has 10 nitrogen and oxygen atoms in total. The highest BCUT2D eigenvalue weighted by molar-refractivity contribution is 6.25. The normalized spacial score (nSPS) is 11.9. The number of para-hydroxylation sites is 2. The second-order valence-electron chi connectivity index (χ2n) is 19.7. The topological polar surface area (TPSA) is 120 Å². The van der Waals surface area contributed by atoms with Gasteiger partial charge >= 0.3 is 0 Å². The van der Waals surface area contributed by atoms with E-state index in [1.807, 2.05) is 185 Å². The van der Waals surface area contributed by atoms with Crippen LogP contribution in [0.25, 0.3) is 155 Å². The molecule has 0 unspecified atom stereocenters. The first-order chi connectivity index (χ1) is 38.5. The molecule has 0 atom stereocenters. The van der Waals surface area contributed by atoms with E-state index < -0.39 is 0 Å². The zero-order chi connectivity index (χ0) is 51.6. The Labute approximate surface area is 443 Å². The van der Waals surface area contributed by atoms with Gasteiger partial charge in [-0.3, -0.25) is 23.4 Å². The van der Waals surface area contributed by atoms with Gasteiger partial charge in [-0.15, -0.1) is 0 Å². The molecule has 0 spiro atoms. The zero-order valence-electron chi connectivity index (χ0n) is 41.3. The van der Waals surface area contributed by atoms with Crippen LogP contribution in [0.15, 0.2) is 240 Å². The highest BCUT2D eigenvalue weighted by atomic mass is 16.1. The maximum Gasteiger partial charge on any atom is 0.263 e. The van der Waals surface area contributed by atoms with Gasteiger partial charge in [-0.2, -0.15) is 0 Å². The quantitative estimate of drug-likeness (QED) is 0.145. The van der Waals surface area contributed by atoms with E-state index >= 15 is 4.79 Å². The smallest absolute Gasteiger partial charge is 0.263 e. The van der Waals surface area contributed by atoms with Crippen LogP contribution in [0.3, 0.4) is 0 Å². The second kappa shape index (κ2) is 16.8. The summed E-state index contributed by atoms with van der Waals surface area (Å²) in [5.41, 5.74) is 11.7. The molecule has 16 rings (SSSR count). The number of rotatable bonds is 7. The van der Waals surface area contributed by atoms with Crippen LogP contribution in [0.1, 0.15) is 0 Å². The van der Waals surface area contributed by atoms with Crippen LogP contribution in [0.4, 0.5) is 0 Å². The van der Waals surface area contributed by atoms with Crippen molar-refractivity contribution in [3.8, 4) is 79.3 Å². The molecule has 0 saturated carbocycles. The maximum absolute atomic E-state index is 15.3. The minimum absolute atomic E-state index is 0.0454. The van der Waals surface area contributed by atoms with Crippen molar-refractivity contribution >= 4 is 75.9 Å². The van der Waals surface area contributed by atoms with Gasteiger partial charge in [-0.1, -0.05) is 164 Å². The van der Waals surface area contributed by atoms with Crippen LogP contribution in [0.5, 0.6) is 0 Å². The van der Waals surface area contributed by atoms with E-state index in [-0.39, 0.29) is 11.1 Å². The number of hydrogen-bond donors (Lipinski definition) is 0. The summed E-state index contributed by atoms with van der Waals surface area (Å²) in [5, 5.41) is 8.77. The number of benzene rings is 8. The molecule has 0 bridgehead atoms. The average molecular weight is 999 g/mol. The van der Waals surface area contributed by atoms with Crippen LogP contribution in [0.2, 0.25) is 0 Å². The van der Waals surface area contributed by atoms with Gasteiger partial charge in [0.05, 0.1) is 50.5 Å². The predicted octanol–water partition coefficient (Wildman–Crippen LogP) is 14.7. The van der Waals surface area contributed by atoms with Crippen molar-refractivity contribution < 1.29 is 0 Å². The third-order valence-electron chi connectivity index (χ3n) is 15.3. The Kier molecular flexibility index (Phi) is 9.40. The summed E-state index contributed by atoms with van der Waals surface area (Å²) in [7, 11) is 0. The first kappa shape index (κ1) is 43.5. The van der Waals surface area contributed by atoms with Gasteiger partial charge in [0.25, 0.3) is 11.1 Å². The molecule has 0 aliphatic carbocycles. The van der Waals surface area contributed by atoms with E-state index in [4.69, 9.17) is 29.9 Å². The fourth-order valence-electron chi connectivity index (χ4n) is 11.9. The Balaban J connectivity index is 0.859. The highest BCUT2D eigenvalue weighted by Gasteiger charge is 2.24. The largest absolute Gasteiger partial charge is 0.275 e. The molecule has 8 heterocycles. The van der Waals surface area contributed by atoms with E-state index in [1.54, 1.807) is 6.20 Å². The molecule has 0 amide bonds. The van der Waals surface area contributed by atoms with E-state index in [0.717, 1.165) is 98.5 Å². The first-order valence-corrected chi connectivity index (χ1v) is 25.8. The van der Waals surface area contributed by atoms with Crippen LogP contribution >= 0.6 is 0 Å². The number of pyridine rings is 5. The Bertz CT molecular complexity index is 5200. The van der Waals surface area contributed by atoms with Crippen LogP contribution in [-0.4, -0.2) is 38.7 Å². The molecule has 0 radical (unpaired) electrons. The third kappa shape index (κ3) is 6.50. The summed E-state index contributed by atoms with van der Waals surface area (Å²) in [6, 6.07) is 74.3. The molecule has 0 N–H and O–H groups in total. The fourth-order valence-corrected chi connectivity index (χ4v) is 11.9. The van der Waals surface area contributed by atoms with Crippen LogP contribution < -0.4 is 11.1 Å². The zero-order valence-corrected chi connectivity index (χ0v) is 41.3. The summed E-state index contributed by atoms with van der Waals surface area (Å²) in [6.07, 6.45) is 1.77. The van der Waals surface area contributed by atoms with Crippen molar-refractivity contribution in [1.29, 1.82) is 0 Å². The summed E-state index contributed by atoms with van der Waals surface area (Å²) in [4.78, 5) is 60.0. The minimum atomic E-state index is -0.137. The number of fused-ring (bicyclic) bond motifs is 10. The molecule has 8 aromatic carbocycles. The second-order valence-corrected chi connectivity index (χ2v) is 19.7. The van der Waals surface area contributed by atoms with Crippen molar-refractivity contribution in [2.24, 2.45) is 0 Å². The molecule has 10 heteroatoms. The van der Waals surface area contributed by atoms with Crippen molar-refractivity contribution in [2.75, 3.05) is 0 Å². The molecule has 0 aliphatic heterocycles. The number of hydrogen-bond acceptors (Lipinski definition) is 8. The highest BCUT2D eigenvalue weighted by Crippen LogP contribution is 2.43. The van der Waals surface area contributed by atoms with E-state index in [9.17, 15) is 4.79 Å². The van der Waals surface area contributed by atoms with Gasteiger partial charge in [-0.05, 0) is 82.6 Å². The lowest BCUT2D eigenvalue weighted by atomic mass is 9.95. The first-order valence-electron chi connectivity index (χ1n) is 25.8. The van der Waals surface area contributed by atoms with E-state index in [2.05, 4.69) is 48.5 Å². The Morgan fingerprint density at radius 1 is 0.282 bits per heavy atom. The summed E-state index contributed by atoms with van der Waals surface area (Å²) in [5.74, 6) is 1.64. The average Bonchev–Trinajstić information content (AvgIpc) is 3.94. The Morgan fingerprint density at radius 3 is 1.62 bits per heavy atom. The molecule has 0 saturated heterocycles. The molecule has 16 aromatic rings. The molecule has 0 fully saturated rings. The molecule has 0 aliphatic rings. The molecule has 8 aromatic heterocycles. The van der Waals surface area contributed by atoms with Gasteiger partial charge in [-0.25, -0.2) is 24.9 Å². The van der Waals surface area contributed by atoms with Crippen molar-refractivity contribution in [1.82, 2.24) is 38.7 Å². The predicted molar refractivity (Wildman–Crippen MR) is 313 cm³/mol. The SMILES string of the molecule is O=c1c2cc(-c3cccc(-c4cc(-c5ccc6c7ccccc7c(=O)n7c8ccccc8c5c67)cc(-c5ccccn5)n4)n3)ccc2c2cccc3c4c(-c5nc(-c6ccccc6)nc(-c6ccccc6)n5)cccc4n1c23. The van der Waals surface area contributed by atoms with Crippen molar-refractivity contribution in [2.45, 2.75) is 0 Å². The van der Waals surface area contributed by atoms with Gasteiger partial charge in [0.1, 0.15) is 0 Å². The molecular formula is C68H38N8O2. The van der Waals surface area contributed by atoms with Crippen LogP contribution in [-0.2, 0) is 0 Å². The van der Waals surface area contributed by atoms with E-state index in [0.29, 0.717) is 56.7 Å². The standard InChI is InChI=1S/C68H38N8O2/c77-67-48-21-8-7-20-44(48)47-34-33-43(61-49-22-9-10-29-58(49)75(67)63(47)61)42-37-56(54-26-11-12-35-69-54)71-57(38-42)55-28-15-27-53(70-55)41-31-32-45-46-23-13-24-50-60-51(25-14-30-59(60)76(62(46)50)68(78)52(45)36-41)66-73-64(39-16-3-1-4-17-39)72-65(74-66)40-18-5-2-6-19-40/h1-38H. The lowest BCUT2D eigenvalue weighted by molar-refractivity contribution is 1.08. The minimum Gasteiger partial charge on any atom is -0.275 e. The number of aromatic nitrogens is 8. The summed E-state index contributed by atoms with van der Waals surface area (Å²) in [6.45, 7) is 0. The molecular weight excluding hydrogens is 961 g/mol. The lowest BCUT2D eigenvalue weighted by Gasteiger charge is -2.13. The number of nitrogens with zero attached hydrogens (tertiary/aromatic N) is 8. The monoisotopic (exact) mass is 998 g/mol. The van der Waals surface area contributed by atoms with Crippen molar-refractivity contribution in [3.05, 3.63) is 251 Å². The van der Waals surface area contributed by atoms with Gasteiger partial charge in [0.2, 0.25) is 0 Å². The third-order valence-corrected chi connectivity index (χ3v) is 15.3. The lowest BCUT2D eigenvalue weighted by Crippen LogP contribution is -2.13. The molecule has 78 heavy (non-hydrogen) atoms. The Morgan fingerprint density at radius 2 is 0.833 bits per heavy atom. The van der Waals surface area contributed by atoms with Gasteiger partial charge in [0.15, 0.2) is 17.5 Å². The fraction of sp³-hybridized carbons (Fsp3) is 0. The summed E-state index contributed by atoms with van der Waals surface area (Å²) < 4.78 is 3.73. The summed E-state index contributed by atoms with van der Waals surface area (Å²) >= 11 is 0. The van der Waals surface area contributed by atoms with Crippen molar-refractivity contribution in [3.63, 3.8) is 0 Å². The maximum atomic E-state index is 15.3. The van der Waals surface area contributed by atoms with Gasteiger partial charge in [0, 0.05) is 71.5 Å². The van der Waals surface area contributed by atoms with Gasteiger partial charge < -0.3 is 0 Å². The Hall–Kier alpha value is -10.8. The van der Waals surface area contributed by atoms with E-state index in [1.165, 1.54) is 0 Å². The molecule has 362 valence electrons.